The average molecular weight is 522 g/mol. The van der Waals surface area contributed by atoms with Crippen molar-refractivity contribution in [1.82, 2.24) is 34.3 Å². The number of hydrogen-bond donors (Lipinski definition) is 0. The van der Waals surface area contributed by atoms with Crippen LogP contribution in [-0.2, 0) is 13.0 Å². The summed E-state index contributed by atoms with van der Waals surface area (Å²) in [5.41, 5.74) is 3.66. The van der Waals surface area contributed by atoms with Gasteiger partial charge in [0, 0.05) is 44.6 Å². The standard InChI is InChI=1S/C32H39N7/c1-2-10-28(11-3-1)25-38-26-33-35-32(38)31(37-23-21-36(22-24-37)29-12-5-6-13-29)14-7-4-9-27-15-17-30(18-16-27)39-20-8-19-34-39/h1-4,7-8,10-11,15-20,26,29,31H,5-6,9,12-14,21-25H2. The minimum absolute atomic E-state index is 0.223. The Kier molecular flexibility index (Phi) is 8.27. The second-order valence-electron chi connectivity index (χ2n) is 10.9. The largest absolute Gasteiger partial charge is 0.312 e. The molecule has 6 rings (SSSR count). The molecule has 1 unspecified atom stereocenters. The Bertz CT molecular complexity index is 1300. The van der Waals surface area contributed by atoms with E-state index in [9.17, 15) is 0 Å². The van der Waals surface area contributed by atoms with E-state index in [1.807, 2.05) is 29.5 Å². The Morgan fingerprint density at radius 1 is 0.846 bits per heavy atom. The quantitative estimate of drug-likeness (QED) is 0.265. The third-order valence-corrected chi connectivity index (χ3v) is 8.35. The van der Waals surface area contributed by atoms with Gasteiger partial charge >= 0.3 is 0 Å². The first-order valence-corrected chi connectivity index (χ1v) is 14.5. The molecule has 1 atom stereocenters. The molecule has 1 aliphatic heterocycles. The number of aromatic nitrogens is 5. The van der Waals surface area contributed by atoms with Crippen LogP contribution in [0.1, 0.15) is 55.1 Å². The van der Waals surface area contributed by atoms with E-state index in [0.717, 1.165) is 63.1 Å². The zero-order valence-electron chi connectivity index (χ0n) is 22.7. The predicted octanol–water partition coefficient (Wildman–Crippen LogP) is 5.30. The Balaban J connectivity index is 1.14. The number of nitrogens with zero attached hydrogens (tertiary/aromatic N) is 7. The lowest BCUT2D eigenvalue weighted by Gasteiger charge is -2.41. The predicted molar refractivity (Wildman–Crippen MR) is 155 cm³/mol. The third-order valence-electron chi connectivity index (χ3n) is 8.35. The highest BCUT2D eigenvalue weighted by molar-refractivity contribution is 5.34. The van der Waals surface area contributed by atoms with Gasteiger partial charge in [-0.15, -0.1) is 10.2 Å². The van der Waals surface area contributed by atoms with E-state index in [2.05, 4.69) is 96.4 Å². The third kappa shape index (κ3) is 6.37. The molecule has 0 spiro atoms. The Labute approximate surface area is 231 Å². The van der Waals surface area contributed by atoms with Crippen LogP contribution in [0.15, 0.2) is 91.5 Å². The second-order valence-corrected chi connectivity index (χ2v) is 10.9. The van der Waals surface area contributed by atoms with Crippen molar-refractivity contribution in [2.24, 2.45) is 0 Å². The molecule has 3 heterocycles. The van der Waals surface area contributed by atoms with Gasteiger partial charge in [0.25, 0.3) is 0 Å². The molecule has 7 heteroatoms. The van der Waals surface area contributed by atoms with E-state index in [4.69, 9.17) is 0 Å². The van der Waals surface area contributed by atoms with Crippen molar-refractivity contribution in [2.45, 2.75) is 57.2 Å². The van der Waals surface area contributed by atoms with Crippen LogP contribution in [0, 0.1) is 0 Å². The monoisotopic (exact) mass is 521 g/mol. The Morgan fingerprint density at radius 3 is 2.38 bits per heavy atom. The normalized spacial score (nSPS) is 18.3. The molecule has 1 saturated carbocycles. The number of hydrogen-bond acceptors (Lipinski definition) is 5. The van der Waals surface area contributed by atoms with Crippen LogP contribution in [0.2, 0.25) is 0 Å². The summed E-state index contributed by atoms with van der Waals surface area (Å²) in [4.78, 5) is 5.37. The molecule has 2 fully saturated rings. The van der Waals surface area contributed by atoms with Crippen LogP contribution < -0.4 is 0 Å². The number of piperazine rings is 1. The molecule has 0 radical (unpaired) electrons. The van der Waals surface area contributed by atoms with Gasteiger partial charge in [-0.25, -0.2) is 4.68 Å². The number of rotatable bonds is 10. The van der Waals surface area contributed by atoms with Crippen LogP contribution in [0.5, 0.6) is 0 Å². The molecule has 2 aromatic heterocycles. The van der Waals surface area contributed by atoms with Crippen molar-refractivity contribution in [1.29, 1.82) is 0 Å². The van der Waals surface area contributed by atoms with E-state index < -0.39 is 0 Å². The van der Waals surface area contributed by atoms with Crippen molar-refractivity contribution < 1.29 is 0 Å². The molecule has 1 saturated heterocycles. The fourth-order valence-electron chi connectivity index (χ4n) is 6.18. The van der Waals surface area contributed by atoms with Gasteiger partial charge in [0.1, 0.15) is 6.33 Å². The smallest absolute Gasteiger partial charge is 0.150 e. The summed E-state index contributed by atoms with van der Waals surface area (Å²) in [7, 11) is 0. The molecule has 4 aromatic rings. The highest BCUT2D eigenvalue weighted by Gasteiger charge is 2.31. The zero-order chi connectivity index (χ0) is 26.3. The molecule has 0 amide bonds. The summed E-state index contributed by atoms with van der Waals surface area (Å²) in [6, 6.07) is 22.2. The molecule has 0 N–H and O–H groups in total. The van der Waals surface area contributed by atoms with Crippen LogP contribution in [0.4, 0.5) is 0 Å². The Morgan fingerprint density at radius 2 is 1.64 bits per heavy atom. The van der Waals surface area contributed by atoms with Crippen molar-refractivity contribution in [2.75, 3.05) is 26.2 Å². The van der Waals surface area contributed by atoms with E-state index in [1.54, 1.807) is 0 Å². The molecular weight excluding hydrogens is 482 g/mol. The van der Waals surface area contributed by atoms with Gasteiger partial charge in [0.05, 0.1) is 18.3 Å². The molecule has 39 heavy (non-hydrogen) atoms. The maximum absolute atomic E-state index is 4.67. The summed E-state index contributed by atoms with van der Waals surface area (Å²) >= 11 is 0. The summed E-state index contributed by atoms with van der Waals surface area (Å²) < 4.78 is 4.13. The lowest BCUT2D eigenvalue weighted by Crippen LogP contribution is -2.50. The lowest BCUT2D eigenvalue weighted by molar-refractivity contribution is 0.0669. The maximum Gasteiger partial charge on any atom is 0.150 e. The van der Waals surface area contributed by atoms with E-state index in [-0.39, 0.29) is 6.04 Å². The van der Waals surface area contributed by atoms with Gasteiger partial charge in [0.2, 0.25) is 0 Å². The second kappa shape index (κ2) is 12.5. The highest BCUT2D eigenvalue weighted by Crippen LogP contribution is 2.29. The van der Waals surface area contributed by atoms with Crippen molar-refractivity contribution in [3.8, 4) is 5.69 Å². The van der Waals surface area contributed by atoms with E-state index in [0.29, 0.717) is 0 Å². The summed E-state index contributed by atoms with van der Waals surface area (Å²) in [6.45, 7) is 5.28. The van der Waals surface area contributed by atoms with Gasteiger partial charge in [-0.2, -0.15) is 5.10 Å². The fourth-order valence-corrected chi connectivity index (χ4v) is 6.18. The first kappa shape index (κ1) is 25.7. The van der Waals surface area contributed by atoms with E-state index >= 15 is 0 Å². The van der Waals surface area contributed by atoms with Crippen LogP contribution in [0.3, 0.4) is 0 Å². The van der Waals surface area contributed by atoms with E-state index in [1.165, 1.54) is 36.8 Å². The van der Waals surface area contributed by atoms with Gasteiger partial charge in [0.15, 0.2) is 5.82 Å². The molecular formula is C32H39N7. The van der Waals surface area contributed by atoms with Gasteiger partial charge in [-0.05, 0) is 55.0 Å². The number of allylic oxidation sites excluding steroid dienone is 1. The van der Waals surface area contributed by atoms with Gasteiger partial charge in [-0.1, -0.05) is 67.5 Å². The maximum atomic E-state index is 4.67. The molecule has 2 aromatic carbocycles. The van der Waals surface area contributed by atoms with Crippen LogP contribution in [-0.4, -0.2) is 66.6 Å². The summed E-state index contributed by atoms with van der Waals surface area (Å²) in [5.74, 6) is 1.07. The summed E-state index contributed by atoms with van der Waals surface area (Å²) in [5, 5.41) is 13.4. The molecule has 0 bridgehead atoms. The Hall–Kier alpha value is -3.55. The van der Waals surface area contributed by atoms with Gasteiger partial charge in [-0.3, -0.25) is 9.80 Å². The van der Waals surface area contributed by atoms with Crippen molar-refractivity contribution in [3.63, 3.8) is 0 Å². The first-order chi connectivity index (χ1) is 19.3. The molecule has 1 aliphatic carbocycles. The average Bonchev–Trinajstić information content (AvgIpc) is 3.78. The SMILES string of the molecule is C(=CCC(c1nncn1Cc1ccccc1)N1CCN(C2CCCC2)CC1)Cc1ccc(-n2cccn2)cc1. The minimum atomic E-state index is 0.223. The van der Waals surface area contributed by atoms with Crippen LogP contribution >= 0.6 is 0 Å². The fraction of sp³-hybridized carbons (Fsp3) is 0.406. The zero-order valence-corrected chi connectivity index (χ0v) is 22.7. The number of benzene rings is 2. The van der Waals surface area contributed by atoms with Gasteiger partial charge < -0.3 is 4.57 Å². The van der Waals surface area contributed by atoms with Crippen molar-refractivity contribution in [3.05, 3.63) is 108 Å². The highest BCUT2D eigenvalue weighted by atomic mass is 15.3. The molecule has 2 aliphatic rings. The first-order valence-electron chi connectivity index (χ1n) is 14.5. The summed E-state index contributed by atoms with van der Waals surface area (Å²) in [6.07, 6.45) is 17.7. The lowest BCUT2D eigenvalue weighted by atomic mass is 10.1. The topological polar surface area (TPSA) is 55.0 Å². The molecule has 7 nitrogen and oxygen atoms in total. The van der Waals surface area contributed by atoms with Crippen molar-refractivity contribution >= 4 is 0 Å². The minimum Gasteiger partial charge on any atom is -0.312 e. The van der Waals surface area contributed by atoms with Crippen LogP contribution in [0.25, 0.3) is 5.69 Å². The molecule has 202 valence electrons.